The van der Waals surface area contributed by atoms with E-state index in [0.717, 1.165) is 49.5 Å². The average molecular weight is 601 g/mol. The molecule has 3 atom stereocenters. The Kier molecular flexibility index (Phi) is 7.87. The third-order valence-electron chi connectivity index (χ3n) is 9.80. The van der Waals surface area contributed by atoms with E-state index in [-0.39, 0.29) is 24.4 Å². The van der Waals surface area contributed by atoms with Crippen LogP contribution in [0.5, 0.6) is 11.6 Å². The first-order chi connectivity index (χ1) is 21.1. The van der Waals surface area contributed by atoms with Gasteiger partial charge in [0.15, 0.2) is 0 Å². The van der Waals surface area contributed by atoms with Crippen LogP contribution in [0, 0.1) is 11.3 Å². The number of aromatic nitrogens is 1. The van der Waals surface area contributed by atoms with Crippen LogP contribution in [0.2, 0.25) is 0 Å². The van der Waals surface area contributed by atoms with Gasteiger partial charge in [0.2, 0.25) is 11.7 Å². The number of nitrogens with zero attached hydrogens (tertiary/aromatic N) is 6. The van der Waals surface area contributed by atoms with Crippen molar-refractivity contribution in [3.63, 3.8) is 0 Å². The maximum atomic E-state index is 12.8. The molecule has 10 heteroatoms. The Bertz CT molecular complexity index is 1460. The van der Waals surface area contributed by atoms with Crippen LogP contribution in [0.3, 0.4) is 0 Å². The molecule has 2 saturated heterocycles. The van der Waals surface area contributed by atoms with Crippen molar-refractivity contribution >= 4 is 29.0 Å². The molecule has 2 fully saturated rings. The van der Waals surface area contributed by atoms with Crippen LogP contribution in [0.25, 0.3) is 0 Å². The van der Waals surface area contributed by atoms with E-state index in [1.807, 2.05) is 11.8 Å². The normalized spacial score (nSPS) is 24.7. The molecule has 7 rings (SSSR count). The third kappa shape index (κ3) is 5.21. The molecule has 1 unspecified atom stereocenters. The molecular formula is C33H40N6O3S. The molecular weight excluding hydrogens is 560 g/mol. The number of carbonyl (C=O) groups excluding carboxylic acids is 1. The quantitative estimate of drug-likeness (QED) is 0.456. The fourth-order valence-electron chi connectivity index (χ4n) is 7.50. The van der Waals surface area contributed by atoms with E-state index < -0.39 is 0 Å². The molecule has 0 spiro atoms. The molecule has 1 aromatic carbocycles. The molecule has 1 amide bonds. The first-order valence-electron chi connectivity index (χ1n) is 15.6. The van der Waals surface area contributed by atoms with Crippen molar-refractivity contribution < 1.29 is 14.3 Å². The van der Waals surface area contributed by atoms with Crippen LogP contribution in [-0.2, 0) is 24.2 Å². The van der Waals surface area contributed by atoms with E-state index in [9.17, 15) is 10.1 Å². The van der Waals surface area contributed by atoms with E-state index in [1.165, 1.54) is 46.4 Å². The Morgan fingerprint density at radius 3 is 2.95 bits per heavy atom. The number of anilines is 2. The van der Waals surface area contributed by atoms with Gasteiger partial charge in [-0.05, 0) is 75.2 Å². The lowest BCUT2D eigenvalue weighted by Gasteiger charge is -2.50. The standard InChI is InChI=1S/C33H40N6O3S/c1-3-30(40)38-18-24-21-41-32-31(39(24)17-22(38)11-13-34)25-12-15-37(28-9-4-10-29-26(28)8-6-16-43-29)19-27(25)35-33(32)42-20-23-7-5-14-36(23)2/h3-4,9-10,22-24H,1,5-8,11-12,14-21H2,2H3/t22-,23-,24?/m0/s1. The van der Waals surface area contributed by atoms with Crippen LogP contribution in [0.1, 0.15) is 42.5 Å². The number of pyridine rings is 1. The Morgan fingerprint density at radius 1 is 1.23 bits per heavy atom. The number of thioether (sulfide) groups is 1. The topological polar surface area (TPSA) is 85.2 Å². The van der Waals surface area contributed by atoms with Gasteiger partial charge >= 0.3 is 0 Å². The van der Waals surface area contributed by atoms with Crippen LogP contribution in [-0.4, -0.2) is 91.0 Å². The summed E-state index contributed by atoms with van der Waals surface area (Å²) in [6, 6.07) is 9.16. The molecule has 0 N–H and O–H groups in total. The number of hydrogen-bond acceptors (Lipinski definition) is 9. The maximum Gasteiger partial charge on any atom is 0.259 e. The number of nitriles is 1. The third-order valence-corrected chi connectivity index (χ3v) is 11.0. The van der Waals surface area contributed by atoms with Crippen molar-refractivity contribution in [1.29, 1.82) is 5.26 Å². The molecule has 5 aliphatic heterocycles. The number of rotatable bonds is 6. The van der Waals surface area contributed by atoms with Gasteiger partial charge in [-0.3, -0.25) is 4.79 Å². The fourth-order valence-corrected chi connectivity index (χ4v) is 8.56. The zero-order valence-electron chi connectivity index (χ0n) is 25.0. The first kappa shape index (κ1) is 28.4. The van der Waals surface area contributed by atoms with E-state index >= 15 is 0 Å². The van der Waals surface area contributed by atoms with Gasteiger partial charge in [-0.1, -0.05) is 12.6 Å². The number of benzene rings is 1. The molecule has 0 aliphatic carbocycles. The first-order valence-corrected chi connectivity index (χ1v) is 16.6. The maximum absolute atomic E-state index is 12.8. The zero-order chi connectivity index (χ0) is 29.5. The Labute approximate surface area is 258 Å². The van der Waals surface area contributed by atoms with Gasteiger partial charge in [0.25, 0.3) is 5.88 Å². The number of hydrogen-bond donors (Lipinski definition) is 0. The number of ether oxygens (including phenoxy) is 2. The summed E-state index contributed by atoms with van der Waals surface area (Å²) in [7, 11) is 2.16. The summed E-state index contributed by atoms with van der Waals surface area (Å²) >= 11 is 1.97. The van der Waals surface area contributed by atoms with Crippen molar-refractivity contribution in [3.8, 4) is 17.7 Å². The highest BCUT2D eigenvalue weighted by molar-refractivity contribution is 7.99. The van der Waals surface area contributed by atoms with Crippen molar-refractivity contribution in [1.82, 2.24) is 14.8 Å². The molecule has 2 aromatic rings. The molecule has 6 heterocycles. The number of piperazine rings is 1. The lowest BCUT2D eigenvalue weighted by molar-refractivity contribution is -0.129. The minimum atomic E-state index is -0.216. The number of amides is 1. The Morgan fingerprint density at radius 2 is 2.14 bits per heavy atom. The lowest BCUT2D eigenvalue weighted by Crippen LogP contribution is -2.62. The number of fused-ring (bicyclic) bond motifs is 6. The predicted octanol–water partition coefficient (Wildman–Crippen LogP) is 4.03. The summed E-state index contributed by atoms with van der Waals surface area (Å²) in [6.45, 7) is 8.49. The summed E-state index contributed by atoms with van der Waals surface area (Å²) in [5.41, 5.74) is 6.08. The molecule has 9 nitrogen and oxygen atoms in total. The van der Waals surface area contributed by atoms with Crippen molar-refractivity contribution in [3.05, 3.63) is 47.7 Å². The predicted molar refractivity (Wildman–Crippen MR) is 168 cm³/mol. The molecule has 0 saturated carbocycles. The number of likely N-dealkylation sites (tertiary alicyclic amines) is 1. The summed E-state index contributed by atoms with van der Waals surface area (Å²) < 4.78 is 13.0. The second-order valence-corrected chi connectivity index (χ2v) is 13.4. The minimum Gasteiger partial charge on any atom is -0.484 e. The van der Waals surface area contributed by atoms with Crippen molar-refractivity contribution in [2.45, 2.75) is 68.1 Å². The molecule has 1 aromatic heterocycles. The highest BCUT2D eigenvalue weighted by Crippen LogP contribution is 2.48. The highest BCUT2D eigenvalue weighted by atomic mass is 32.2. The summed E-state index contributed by atoms with van der Waals surface area (Å²) in [5.74, 6) is 2.34. The van der Waals surface area contributed by atoms with Crippen LogP contribution in [0.4, 0.5) is 11.4 Å². The van der Waals surface area contributed by atoms with Crippen molar-refractivity contribution in [2.24, 2.45) is 0 Å². The minimum absolute atomic E-state index is 0.0112. The highest BCUT2D eigenvalue weighted by Gasteiger charge is 2.43. The van der Waals surface area contributed by atoms with Gasteiger partial charge in [-0.15, -0.1) is 11.8 Å². The Hall–Kier alpha value is -3.42. The Balaban J connectivity index is 1.26. The molecule has 0 radical (unpaired) electrons. The number of carbonyl (C=O) groups is 1. The van der Waals surface area contributed by atoms with Gasteiger partial charge < -0.3 is 29.1 Å². The van der Waals surface area contributed by atoms with Gasteiger partial charge in [-0.25, -0.2) is 4.98 Å². The van der Waals surface area contributed by atoms with E-state index in [0.29, 0.717) is 44.8 Å². The monoisotopic (exact) mass is 600 g/mol. The zero-order valence-corrected chi connectivity index (χ0v) is 25.8. The van der Waals surface area contributed by atoms with Crippen LogP contribution < -0.4 is 19.3 Å². The molecule has 43 heavy (non-hydrogen) atoms. The van der Waals surface area contributed by atoms with E-state index in [2.05, 4.69) is 52.6 Å². The second-order valence-electron chi connectivity index (χ2n) is 12.3. The molecule has 5 aliphatic rings. The number of likely N-dealkylation sites (N-methyl/N-ethyl adjacent to an activating group) is 1. The smallest absolute Gasteiger partial charge is 0.259 e. The molecule has 0 bridgehead atoms. The largest absolute Gasteiger partial charge is 0.484 e. The average Bonchev–Trinajstić information content (AvgIpc) is 3.46. The second kappa shape index (κ2) is 11.9. The lowest BCUT2D eigenvalue weighted by atomic mass is 9.95. The van der Waals surface area contributed by atoms with Crippen LogP contribution >= 0.6 is 11.8 Å². The summed E-state index contributed by atoms with van der Waals surface area (Å²) in [4.78, 5) is 28.4. The van der Waals surface area contributed by atoms with E-state index in [1.54, 1.807) is 4.90 Å². The van der Waals surface area contributed by atoms with Gasteiger partial charge in [0.1, 0.15) is 13.2 Å². The fraction of sp³-hybridized carbons (Fsp3) is 0.545. The van der Waals surface area contributed by atoms with Crippen LogP contribution in [0.15, 0.2) is 35.7 Å². The summed E-state index contributed by atoms with van der Waals surface area (Å²) in [6.07, 6.45) is 7.10. The van der Waals surface area contributed by atoms with Crippen molar-refractivity contribution in [2.75, 3.05) is 62.0 Å². The SMILES string of the molecule is C=CC(=O)N1CC2COc3c(OC[C@@H]4CCCN4C)nc4c(c3N2C[C@@H]1CC#N)CCN(c1cccc2c1CCCS2)C4. The van der Waals surface area contributed by atoms with Gasteiger partial charge in [0.05, 0.1) is 42.5 Å². The van der Waals surface area contributed by atoms with Gasteiger partial charge in [0, 0.05) is 41.8 Å². The van der Waals surface area contributed by atoms with Gasteiger partial charge in [-0.2, -0.15) is 5.26 Å². The molecule has 226 valence electrons. The van der Waals surface area contributed by atoms with E-state index in [4.69, 9.17) is 14.5 Å². The summed E-state index contributed by atoms with van der Waals surface area (Å²) in [5, 5.41) is 9.64.